The van der Waals surface area contributed by atoms with Gasteiger partial charge in [0.25, 0.3) is 0 Å². The summed E-state index contributed by atoms with van der Waals surface area (Å²) in [6, 6.07) is 6.09. The van der Waals surface area contributed by atoms with Gasteiger partial charge in [0.05, 0.1) is 11.7 Å². The number of aryl methyl sites for hydroxylation is 2. The average molecular weight is 222 g/mol. The van der Waals surface area contributed by atoms with Crippen molar-refractivity contribution in [3.8, 4) is 0 Å². The van der Waals surface area contributed by atoms with E-state index in [0.29, 0.717) is 12.8 Å². The lowest BCUT2D eigenvalue weighted by atomic mass is 9.88. The third-order valence-corrected chi connectivity index (χ3v) is 3.48. The molecule has 1 aromatic rings. The quantitative estimate of drug-likeness (QED) is 0.821. The van der Waals surface area contributed by atoms with Gasteiger partial charge in [-0.1, -0.05) is 25.1 Å². The van der Waals surface area contributed by atoms with E-state index in [1.165, 1.54) is 11.1 Å². The Kier molecular flexibility index (Phi) is 4.11. The highest BCUT2D eigenvalue weighted by molar-refractivity contribution is 5.34. The topological polar surface area (TPSA) is 40.5 Å². The van der Waals surface area contributed by atoms with E-state index in [-0.39, 0.29) is 0 Å². The summed E-state index contributed by atoms with van der Waals surface area (Å²) in [5.41, 5.74) is 2.48. The van der Waals surface area contributed by atoms with Crippen LogP contribution in [0, 0.1) is 13.8 Å². The van der Waals surface area contributed by atoms with Crippen molar-refractivity contribution < 1.29 is 10.2 Å². The number of rotatable bonds is 4. The molecule has 2 nitrogen and oxygen atoms in total. The highest BCUT2D eigenvalue weighted by Gasteiger charge is 2.28. The van der Waals surface area contributed by atoms with Gasteiger partial charge in [0.15, 0.2) is 0 Å². The normalized spacial score (nSPS) is 16.9. The van der Waals surface area contributed by atoms with Crippen molar-refractivity contribution in [2.75, 3.05) is 0 Å². The Hall–Kier alpha value is -0.860. The predicted molar refractivity (Wildman–Crippen MR) is 66.5 cm³/mol. The van der Waals surface area contributed by atoms with E-state index in [9.17, 15) is 10.2 Å². The maximum atomic E-state index is 10.0. The third-order valence-electron chi connectivity index (χ3n) is 3.48. The van der Waals surface area contributed by atoms with Crippen molar-refractivity contribution in [2.24, 2.45) is 0 Å². The molecule has 0 heterocycles. The van der Waals surface area contributed by atoms with Gasteiger partial charge < -0.3 is 10.2 Å². The van der Waals surface area contributed by atoms with Crippen LogP contribution in [0.1, 0.15) is 37.0 Å². The van der Waals surface area contributed by atoms with E-state index < -0.39 is 11.7 Å². The highest BCUT2D eigenvalue weighted by Crippen LogP contribution is 2.22. The molecule has 1 rings (SSSR count). The molecule has 0 fully saturated rings. The standard InChI is InChI=1S/C14H22O2/c1-5-14(4,16)13(15)9-12-10(2)7-6-8-11(12)3/h6-8,13,15-16H,5,9H2,1-4H3. The molecule has 0 radical (unpaired) electrons. The minimum Gasteiger partial charge on any atom is -0.390 e. The lowest BCUT2D eigenvalue weighted by Gasteiger charge is -2.28. The molecule has 2 N–H and O–H groups in total. The molecule has 0 saturated heterocycles. The first-order valence-electron chi connectivity index (χ1n) is 5.84. The largest absolute Gasteiger partial charge is 0.390 e. The van der Waals surface area contributed by atoms with E-state index >= 15 is 0 Å². The molecule has 1 aromatic carbocycles. The van der Waals surface area contributed by atoms with Gasteiger partial charge in [0.2, 0.25) is 0 Å². The summed E-state index contributed by atoms with van der Waals surface area (Å²) in [6.07, 6.45) is 0.357. The van der Waals surface area contributed by atoms with Gasteiger partial charge in [0, 0.05) is 6.42 Å². The van der Waals surface area contributed by atoms with Gasteiger partial charge >= 0.3 is 0 Å². The number of hydrogen-bond donors (Lipinski definition) is 2. The van der Waals surface area contributed by atoms with E-state index in [4.69, 9.17) is 0 Å². The first-order valence-corrected chi connectivity index (χ1v) is 5.84. The molecular formula is C14H22O2. The molecule has 0 bridgehead atoms. The molecule has 2 unspecified atom stereocenters. The fourth-order valence-corrected chi connectivity index (χ4v) is 1.82. The minimum atomic E-state index is -1.01. The molecule has 16 heavy (non-hydrogen) atoms. The molecule has 0 spiro atoms. The summed E-state index contributed by atoms with van der Waals surface area (Å²) in [5.74, 6) is 0. The number of benzene rings is 1. The maximum Gasteiger partial charge on any atom is 0.0878 e. The second-order valence-corrected chi connectivity index (χ2v) is 4.80. The number of aliphatic hydroxyl groups excluding tert-OH is 1. The van der Waals surface area contributed by atoms with Crippen LogP contribution in [-0.4, -0.2) is 21.9 Å². The molecule has 2 heteroatoms. The second-order valence-electron chi connectivity index (χ2n) is 4.80. The number of hydrogen-bond acceptors (Lipinski definition) is 2. The molecule has 2 atom stereocenters. The van der Waals surface area contributed by atoms with Gasteiger partial charge in [-0.15, -0.1) is 0 Å². The van der Waals surface area contributed by atoms with E-state index in [1.807, 2.05) is 39.0 Å². The smallest absolute Gasteiger partial charge is 0.0878 e. The van der Waals surface area contributed by atoms with Crippen LogP contribution in [-0.2, 0) is 6.42 Å². The van der Waals surface area contributed by atoms with Crippen molar-refractivity contribution >= 4 is 0 Å². The van der Waals surface area contributed by atoms with Crippen LogP contribution >= 0.6 is 0 Å². The van der Waals surface area contributed by atoms with Crippen molar-refractivity contribution in [1.29, 1.82) is 0 Å². The van der Waals surface area contributed by atoms with Crippen LogP contribution in [0.3, 0.4) is 0 Å². The molecule has 0 aromatic heterocycles. The summed E-state index contributed by atoms with van der Waals surface area (Å²) in [7, 11) is 0. The lowest BCUT2D eigenvalue weighted by molar-refractivity contribution is -0.0630. The van der Waals surface area contributed by atoms with Gasteiger partial charge in [-0.05, 0) is 43.9 Å². The summed E-state index contributed by atoms with van der Waals surface area (Å²) >= 11 is 0. The Bertz CT molecular complexity index is 336. The average Bonchev–Trinajstić information content (AvgIpc) is 2.23. The lowest BCUT2D eigenvalue weighted by Crippen LogP contribution is -2.40. The Morgan fingerprint density at radius 2 is 1.75 bits per heavy atom. The van der Waals surface area contributed by atoms with E-state index in [1.54, 1.807) is 6.92 Å². The van der Waals surface area contributed by atoms with Crippen molar-refractivity contribution in [1.82, 2.24) is 0 Å². The fraction of sp³-hybridized carbons (Fsp3) is 0.571. The highest BCUT2D eigenvalue weighted by atomic mass is 16.3. The van der Waals surface area contributed by atoms with Crippen LogP contribution in [0.15, 0.2) is 18.2 Å². The first-order chi connectivity index (χ1) is 7.38. The molecule has 0 amide bonds. The third kappa shape index (κ3) is 2.83. The van der Waals surface area contributed by atoms with Crippen LogP contribution in [0.25, 0.3) is 0 Å². The van der Waals surface area contributed by atoms with Gasteiger partial charge in [-0.25, -0.2) is 0 Å². The Morgan fingerprint density at radius 1 is 1.25 bits per heavy atom. The van der Waals surface area contributed by atoms with Gasteiger partial charge in [0.1, 0.15) is 0 Å². The minimum absolute atomic E-state index is 0.513. The van der Waals surface area contributed by atoms with Crippen LogP contribution in [0.2, 0.25) is 0 Å². The Balaban J connectivity index is 2.89. The SMILES string of the molecule is CCC(C)(O)C(O)Cc1c(C)cccc1C. The van der Waals surface area contributed by atoms with Crippen LogP contribution < -0.4 is 0 Å². The Morgan fingerprint density at radius 3 is 2.19 bits per heavy atom. The van der Waals surface area contributed by atoms with Crippen LogP contribution in [0.4, 0.5) is 0 Å². The van der Waals surface area contributed by atoms with Crippen molar-refractivity contribution in [3.63, 3.8) is 0 Å². The molecular weight excluding hydrogens is 200 g/mol. The zero-order chi connectivity index (χ0) is 12.3. The van der Waals surface area contributed by atoms with Gasteiger partial charge in [-0.3, -0.25) is 0 Å². The van der Waals surface area contributed by atoms with E-state index in [2.05, 4.69) is 0 Å². The predicted octanol–water partition coefficient (Wildman–Crippen LogP) is 2.37. The van der Waals surface area contributed by atoms with Crippen molar-refractivity contribution in [2.45, 2.75) is 52.2 Å². The van der Waals surface area contributed by atoms with Crippen molar-refractivity contribution in [3.05, 3.63) is 34.9 Å². The zero-order valence-corrected chi connectivity index (χ0v) is 10.6. The molecule has 0 aliphatic rings. The maximum absolute atomic E-state index is 10.0. The van der Waals surface area contributed by atoms with E-state index in [0.717, 1.165) is 5.56 Å². The second kappa shape index (κ2) is 4.98. The molecule has 0 saturated carbocycles. The summed E-state index contributed by atoms with van der Waals surface area (Å²) in [5, 5.41) is 20.0. The molecule has 0 aliphatic carbocycles. The van der Waals surface area contributed by atoms with Gasteiger partial charge in [-0.2, -0.15) is 0 Å². The fourth-order valence-electron chi connectivity index (χ4n) is 1.82. The molecule has 90 valence electrons. The zero-order valence-electron chi connectivity index (χ0n) is 10.6. The molecule has 0 aliphatic heterocycles. The number of aliphatic hydroxyl groups is 2. The Labute approximate surface area is 97.9 Å². The monoisotopic (exact) mass is 222 g/mol. The summed E-state index contributed by atoms with van der Waals surface area (Å²) < 4.78 is 0. The summed E-state index contributed by atoms with van der Waals surface area (Å²) in [6.45, 7) is 7.64. The first kappa shape index (κ1) is 13.2. The summed E-state index contributed by atoms with van der Waals surface area (Å²) in [4.78, 5) is 0. The van der Waals surface area contributed by atoms with Crippen LogP contribution in [0.5, 0.6) is 0 Å².